The van der Waals surface area contributed by atoms with E-state index in [4.69, 9.17) is 0 Å². The second-order valence-electron chi connectivity index (χ2n) is 3.54. The average Bonchev–Trinajstić information content (AvgIpc) is 2.82. The Morgan fingerprint density at radius 2 is 2.35 bits per heavy atom. The average molecular weight is 247 g/mol. The molecule has 0 bridgehead atoms. The van der Waals surface area contributed by atoms with Crippen LogP contribution in [0.1, 0.15) is 5.69 Å². The Balaban J connectivity index is 1.98. The number of nitrogens with zero attached hydrogens (tertiary/aromatic N) is 1. The van der Waals surface area contributed by atoms with Gasteiger partial charge in [0.1, 0.15) is 0 Å². The fourth-order valence-electron chi connectivity index (χ4n) is 1.46. The van der Waals surface area contributed by atoms with E-state index in [0.717, 1.165) is 16.3 Å². The molecular formula is C12H13N3OS. The van der Waals surface area contributed by atoms with Crippen molar-refractivity contribution in [3.63, 3.8) is 0 Å². The zero-order valence-electron chi connectivity index (χ0n) is 9.43. The van der Waals surface area contributed by atoms with Gasteiger partial charge in [0.25, 0.3) is 0 Å². The molecule has 88 valence electrons. The Morgan fingerprint density at radius 1 is 1.47 bits per heavy atom. The van der Waals surface area contributed by atoms with Gasteiger partial charge in [0.15, 0.2) is 0 Å². The Morgan fingerprint density at radius 3 is 3.06 bits per heavy atom. The van der Waals surface area contributed by atoms with Crippen molar-refractivity contribution >= 4 is 23.4 Å². The Bertz CT molecular complexity index is 496. The lowest BCUT2D eigenvalue weighted by Crippen LogP contribution is -2.14. The molecule has 1 aromatic heterocycles. The number of carbonyl (C=O) groups is 1. The topological polar surface area (TPSA) is 57.8 Å². The molecule has 0 aliphatic heterocycles. The molecule has 4 nitrogen and oxygen atoms in total. The number of aromatic amines is 1. The fraction of sp³-hybridized carbons (Fsp3) is 0.167. The van der Waals surface area contributed by atoms with Gasteiger partial charge in [-0.05, 0) is 30.5 Å². The van der Waals surface area contributed by atoms with E-state index in [1.807, 2.05) is 30.5 Å². The van der Waals surface area contributed by atoms with Gasteiger partial charge < -0.3 is 5.32 Å². The summed E-state index contributed by atoms with van der Waals surface area (Å²) in [4.78, 5) is 12.8. The Kier molecular flexibility index (Phi) is 3.82. The van der Waals surface area contributed by atoms with Crippen LogP contribution in [0.3, 0.4) is 0 Å². The minimum Gasteiger partial charge on any atom is -0.326 e. The van der Waals surface area contributed by atoms with Crippen molar-refractivity contribution in [1.29, 1.82) is 0 Å². The summed E-state index contributed by atoms with van der Waals surface area (Å²) in [7, 11) is 0. The number of anilines is 1. The highest BCUT2D eigenvalue weighted by molar-refractivity contribution is 7.98. The first-order valence-corrected chi connectivity index (χ1v) is 6.42. The van der Waals surface area contributed by atoms with Crippen LogP contribution >= 0.6 is 11.8 Å². The quantitative estimate of drug-likeness (QED) is 0.815. The zero-order valence-corrected chi connectivity index (χ0v) is 10.3. The molecule has 0 saturated carbocycles. The fourth-order valence-corrected chi connectivity index (χ4v) is 1.92. The van der Waals surface area contributed by atoms with Gasteiger partial charge in [-0.15, -0.1) is 11.8 Å². The third kappa shape index (κ3) is 3.35. The summed E-state index contributed by atoms with van der Waals surface area (Å²) in [5.74, 6) is -0.0486. The van der Waals surface area contributed by atoms with Crippen LogP contribution in [-0.2, 0) is 11.2 Å². The van der Waals surface area contributed by atoms with E-state index in [2.05, 4.69) is 15.5 Å². The molecule has 0 radical (unpaired) electrons. The lowest BCUT2D eigenvalue weighted by Gasteiger charge is -2.05. The van der Waals surface area contributed by atoms with Gasteiger partial charge >= 0.3 is 0 Å². The predicted octanol–water partition coefficient (Wildman–Crippen LogP) is 2.31. The van der Waals surface area contributed by atoms with Crippen molar-refractivity contribution < 1.29 is 4.79 Å². The molecule has 0 spiro atoms. The second kappa shape index (κ2) is 5.54. The molecule has 0 saturated heterocycles. The first kappa shape index (κ1) is 11.7. The van der Waals surface area contributed by atoms with E-state index in [0.29, 0.717) is 6.42 Å². The molecule has 0 fully saturated rings. The van der Waals surface area contributed by atoms with Crippen molar-refractivity contribution in [2.75, 3.05) is 11.6 Å². The minimum absolute atomic E-state index is 0.0486. The summed E-state index contributed by atoms with van der Waals surface area (Å²) >= 11 is 1.65. The van der Waals surface area contributed by atoms with E-state index in [1.54, 1.807) is 24.0 Å². The van der Waals surface area contributed by atoms with Gasteiger partial charge in [-0.1, -0.05) is 6.07 Å². The summed E-state index contributed by atoms with van der Waals surface area (Å²) in [5, 5.41) is 9.42. The molecule has 1 heterocycles. The molecule has 2 rings (SSSR count). The Labute approximate surface area is 104 Å². The minimum atomic E-state index is -0.0486. The van der Waals surface area contributed by atoms with Gasteiger partial charge in [-0.25, -0.2) is 0 Å². The number of rotatable bonds is 4. The number of thioether (sulfide) groups is 1. The number of amides is 1. The van der Waals surface area contributed by atoms with Crippen molar-refractivity contribution in [3.05, 3.63) is 42.2 Å². The van der Waals surface area contributed by atoms with Gasteiger partial charge in [0.05, 0.1) is 6.42 Å². The molecule has 17 heavy (non-hydrogen) atoms. The maximum atomic E-state index is 11.7. The van der Waals surface area contributed by atoms with E-state index in [9.17, 15) is 4.79 Å². The molecule has 0 aliphatic rings. The van der Waals surface area contributed by atoms with Crippen LogP contribution < -0.4 is 5.32 Å². The summed E-state index contributed by atoms with van der Waals surface area (Å²) < 4.78 is 0. The van der Waals surface area contributed by atoms with E-state index in [1.165, 1.54) is 0 Å². The molecule has 2 aromatic rings. The number of aromatic nitrogens is 2. The zero-order chi connectivity index (χ0) is 12.1. The Hall–Kier alpha value is -1.75. The van der Waals surface area contributed by atoms with Crippen molar-refractivity contribution in [2.24, 2.45) is 0 Å². The molecule has 1 amide bonds. The maximum absolute atomic E-state index is 11.7. The molecule has 0 atom stereocenters. The highest BCUT2D eigenvalue weighted by Crippen LogP contribution is 2.18. The number of hydrogen-bond donors (Lipinski definition) is 2. The highest BCUT2D eigenvalue weighted by atomic mass is 32.2. The van der Waals surface area contributed by atoms with E-state index >= 15 is 0 Å². The van der Waals surface area contributed by atoms with Crippen LogP contribution in [-0.4, -0.2) is 22.4 Å². The molecular weight excluding hydrogens is 234 g/mol. The molecule has 0 unspecified atom stereocenters. The van der Waals surface area contributed by atoms with Gasteiger partial charge in [-0.3, -0.25) is 9.89 Å². The SMILES string of the molecule is CSc1cccc(NC(=O)Cc2ccn[nH]2)c1. The van der Waals surface area contributed by atoms with E-state index in [-0.39, 0.29) is 5.91 Å². The van der Waals surface area contributed by atoms with Crippen LogP contribution in [0.2, 0.25) is 0 Å². The van der Waals surface area contributed by atoms with Crippen LogP contribution in [0.5, 0.6) is 0 Å². The van der Waals surface area contributed by atoms with Crippen molar-refractivity contribution in [2.45, 2.75) is 11.3 Å². The number of carbonyl (C=O) groups excluding carboxylic acids is 1. The maximum Gasteiger partial charge on any atom is 0.230 e. The lowest BCUT2D eigenvalue weighted by molar-refractivity contribution is -0.115. The summed E-state index contributed by atoms with van der Waals surface area (Å²) in [6.07, 6.45) is 3.95. The summed E-state index contributed by atoms with van der Waals surface area (Å²) in [6.45, 7) is 0. The van der Waals surface area contributed by atoms with Gasteiger partial charge in [0.2, 0.25) is 5.91 Å². The van der Waals surface area contributed by atoms with Crippen molar-refractivity contribution in [3.8, 4) is 0 Å². The highest BCUT2D eigenvalue weighted by Gasteiger charge is 2.05. The monoisotopic (exact) mass is 247 g/mol. The first-order valence-electron chi connectivity index (χ1n) is 5.20. The summed E-state index contributed by atoms with van der Waals surface area (Å²) in [5.41, 5.74) is 1.63. The normalized spacial score (nSPS) is 10.2. The lowest BCUT2D eigenvalue weighted by atomic mass is 10.2. The number of H-pyrrole nitrogens is 1. The first-order chi connectivity index (χ1) is 8.28. The van der Waals surface area contributed by atoms with Crippen LogP contribution in [0.25, 0.3) is 0 Å². The number of benzene rings is 1. The van der Waals surface area contributed by atoms with Gasteiger partial charge in [0, 0.05) is 22.5 Å². The van der Waals surface area contributed by atoms with Gasteiger partial charge in [-0.2, -0.15) is 5.10 Å². The largest absolute Gasteiger partial charge is 0.326 e. The van der Waals surface area contributed by atoms with E-state index < -0.39 is 0 Å². The van der Waals surface area contributed by atoms with Crippen molar-refractivity contribution in [1.82, 2.24) is 10.2 Å². The predicted molar refractivity (Wildman–Crippen MR) is 69.1 cm³/mol. The third-order valence-corrected chi connectivity index (χ3v) is 2.99. The molecule has 0 aliphatic carbocycles. The number of hydrogen-bond acceptors (Lipinski definition) is 3. The van der Waals surface area contributed by atoms with Crippen LogP contribution in [0.15, 0.2) is 41.4 Å². The summed E-state index contributed by atoms with van der Waals surface area (Å²) in [6, 6.07) is 9.56. The molecule has 2 N–H and O–H groups in total. The van der Waals surface area contributed by atoms with Crippen LogP contribution in [0.4, 0.5) is 5.69 Å². The standard InChI is InChI=1S/C12H13N3OS/c1-17-11-4-2-3-9(7-11)14-12(16)8-10-5-6-13-15-10/h2-7H,8H2,1H3,(H,13,15)(H,14,16). The second-order valence-corrected chi connectivity index (χ2v) is 4.42. The van der Waals surface area contributed by atoms with Crippen LogP contribution in [0, 0.1) is 0 Å². The molecule has 1 aromatic carbocycles. The smallest absolute Gasteiger partial charge is 0.230 e. The molecule has 5 heteroatoms. The number of nitrogens with one attached hydrogen (secondary N) is 2. The third-order valence-electron chi connectivity index (χ3n) is 2.26.